The van der Waals surface area contributed by atoms with Crippen LogP contribution in [0.15, 0.2) is 79.1 Å². The van der Waals surface area contributed by atoms with Crippen LogP contribution >= 0.6 is 0 Å². The topological polar surface area (TPSA) is 61.0 Å². The van der Waals surface area contributed by atoms with Crippen LogP contribution < -0.4 is 0 Å². The molecule has 4 rings (SSSR count). The molecule has 0 amide bonds. The minimum absolute atomic E-state index is 0.0966. The van der Waals surface area contributed by atoms with Gasteiger partial charge in [0.2, 0.25) is 0 Å². The van der Waals surface area contributed by atoms with E-state index in [2.05, 4.69) is 4.98 Å². The molecule has 3 aromatic carbocycles. The Morgan fingerprint density at radius 1 is 0.917 bits per heavy atom. The quantitative estimate of drug-likeness (QED) is 0.410. The van der Waals surface area contributed by atoms with Crippen LogP contribution in [0.3, 0.4) is 0 Å². The van der Waals surface area contributed by atoms with Crippen molar-refractivity contribution in [3.63, 3.8) is 0 Å². The molecule has 0 aliphatic heterocycles. The first kappa shape index (κ1) is 14.1. The molecule has 24 heavy (non-hydrogen) atoms. The van der Waals surface area contributed by atoms with Crippen molar-refractivity contribution in [2.75, 3.05) is 0 Å². The van der Waals surface area contributed by atoms with Crippen molar-refractivity contribution in [3.8, 4) is 16.8 Å². The number of nitro benzene ring substituents is 1. The van der Waals surface area contributed by atoms with Gasteiger partial charge in [-0.15, -0.1) is 0 Å². The standard InChI is InChI=1S/C19H13N3O2/c23-22(24)18-9-5-4-8-16(18)14-10-11-19-17(12-14)20-13-21(19)15-6-2-1-3-7-15/h1-13H. The number of nitro groups is 1. The smallest absolute Gasteiger partial charge is 0.277 e. The van der Waals surface area contributed by atoms with Crippen molar-refractivity contribution in [3.05, 3.63) is 89.2 Å². The fraction of sp³-hybridized carbons (Fsp3) is 0. The second-order valence-corrected chi connectivity index (χ2v) is 5.43. The Hall–Kier alpha value is -3.47. The zero-order valence-electron chi connectivity index (χ0n) is 12.7. The summed E-state index contributed by atoms with van der Waals surface area (Å²) in [4.78, 5) is 15.3. The lowest BCUT2D eigenvalue weighted by Crippen LogP contribution is -1.92. The second kappa shape index (κ2) is 5.62. The summed E-state index contributed by atoms with van der Waals surface area (Å²) in [6.45, 7) is 0. The summed E-state index contributed by atoms with van der Waals surface area (Å²) in [5, 5.41) is 11.2. The van der Waals surface area contributed by atoms with E-state index in [9.17, 15) is 10.1 Å². The number of aromatic nitrogens is 2. The first-order chi connectivity index (χ1) is 11.7. The van der Waals surface area contributed by atoms with Gasteiger partial charge in [0.25, 0.3) is 5.69 Å². The molecule has 0 radical (unpaired) electrons. The van der Waals surface area contributed by atoms with Crippen LogP contribution in [-0.2, 0) is 0 Å². The predicted octanol–water partition coefficient (Wildman–Crippen LogP) is 4.60. The van der Waals surface area contributed by atoms with E-state index in [0.29, 0.717) is 5.56 Å². The number of nitrogens with zero attached hydrogens (tertiary/aromatic N) is 3. The zero-order chi connectivity index (χ0) is 16.5. The number of imidazole rings is 1. The summed E-state index contributed by atoms with van der Waals surface area (Å²) < 4.78 is 2.00. The molecule has 0 aliphatic carbocycles. The highest BCUT2D eigenvalue weighted by Crippen LogP contribution is 2.31. The molecule has 1 aromatic heterocycles. The molecule has 1 heterocycles. The molecule has 5 heteroatoms. The lowest BCUT2D eigenvalue weighted by atomic mass is 10.0. The third-order valence-electron chi connectivity index (χ3n) is 3.99. The highest BCUT2D eigenvalue weighted by molar-refractivity contribution is 5.85. The van der Waals surface area contributed by atoms with Crippen molar-refractivity contribution >= 4 is 16.7 Å². The van der Waals surface area contributed by atoms with Crippen molar-refractivity contribution in [1.82, 2.24) is 9.55 Å². The van der Waals surface area contributed by atoms with Gasteiger partial charge in [0.05, 0.1) is 21.5 Å². The van der Waals surface area contributed by atoms with E-state index >= 15 is 0 Å². The summed E-state index contributed by atoms with van der Waals surface area (Å²) in [7, 11) is 0. The minimum atomic E-state index is -0.359. The number of hydrogen-bond donors (Lipinski definition) is 0. The average Bonchev–Trinajstić information content (AvgIpc) is 3.05. The third-order valence-corrected chi connectivity index (χ3v) is 3.99. The maximum absolute atomic E-state index is 11.2. The number of benzene rings is 3. The van der Waals surface area contributed by atoms with Crippen LogP contribution in [0.2, 0.25) is 0 Å². The number of rotatable bonds is 3. The summed E-state index contributed by atoms with van der Waals surface area (Å²) >= 11 is 0. The lowest BCUT2D eigenvalue weighted by molar-refractivity contribution is -0.384. The SMILES string of the molecule is O=[N+]([O-])c1ccccc1-c1ccc2c(c1)ncn2-c1ccccc1. The highest BCUT2D eigenvalue weighted by atomic mass is 16.6. The van der Waals surface area contributed by atoms with E-state index in [1.807, 2.05) is 53.1 Å². The van der Waals surface area contributed by atoms with Crippen molar-refractivity contribution in [2.45, 2.75) is 0 Å². The summed E-state index contributed by atoms with van der Waals surface area (Å²) in [5.74, 6) is 0. The zero-order valence-corrected chi connectivity index (χ0v) is 12.7. The monoisotopic (exact) mass is 315 g/mol. The second-order valence-electron chi connectivity index (χ2n) is 5.43. The molecule has 0 spiro atoms. The van der Waals surface area contributed by atoms with E-state index in [0.717, 1.165) is 22.3 Å². The van der Waals surface area contributed by atoms with Gasteiger partial charge >= 0.3 is 0 Å². The maximum atomic E-state index is 11.2. The van der Waals surface area contributed by atoms with Gasteiger partial charge in [0, 0.05) is 11.8 Å². The first-order valence-electron chi connectivity index (χ1n) is 7.50. The average molecular weight is 315 g/mol. The molecule has 0 atom stereocenters. The largest absolute Gasteiger partial charge is 0.299 e. The Morgan fingerprint density at radius 3 is 2.46 bits per heavy atom. The predicted molar refractivity (Wildman–Crippen MR) is 93.2 cm³/mol. The molecule has 0 fully saturated rings. The number of para-hydroxylation sites is 2. The van der Waals surface area contributed by atoms with Crippen LogP contribution in [0.1, 0.15) is 0 Å². The molecule has 0 N–H and O–H groups in total. The van der Waals surface area contributed by atoms with Crippen LogP contribution in [0.25, 0.3) is 27.8 Å². The Balaban J connectivity index is 1.86. The van der Waals surface area contributed by atoms with Crippen LogP contribution in [-0.4, -0.2) is 14.5 Å². The van der Waals surface area contributed by atoms with Gasteiger partial charge in [0.1, 0.15) is 6.33 Å². The minimum Gasteiger partial charge on any atom is -0.299 e. The van der Waals surface area contributed by atoms with Crippen molar-refractivity contribution in [1.29, 1.82) is 0 Å². The van der Waals surface area contributed by atoms with Crippen LogP contribution in [0.5, 0.6) is 0 Å². The van der Waals surface area contributed by atoms with Crippen LogP contribution in [0.4, 0.5) is 5.69 Å². The van der Waals surface area contributed by atoms with Gasteiger partial charge in [-0.25, -0.2) is 4.98 Å². The third kappa shape index (κ3) is 2.32. The van der Waals surface area contributed by atoms with Gasteiger partial charge in [0.15, 0.2) is 0 Å². The fourth-order valence-corrected chi connectivity index (χ4v) is 2.85. The van der Waals surface area contributed by atoms with E-state index < -0.39 is 0 Å². The molecule has 0 bridgehead atoms. The summed E-state index contributed by atoms with van der Waals surface area (Å²) in [5.41, 5.74) is 4.27. The normalized spacial score (nSPS) is 10.8. The molecular formula is C19H13N3O2. The Bertz CT molecular complexity index is 1040. The molecular weight excluding hydrogens is 302 g/mol. The summed E-state index contributed by atoms with van der Waals surface area (Å²) in [6.07, 6.45) is 1.77. The van der Waals surface area contributed by atoms with Gasteiger partial charge in [-0.2, -0.15) is 0 Å². The first-order valence-corrected chi connectivity index (χ1v) is 7.50. The van der Waals surface area contributed by atoms with E-state index in [4.69, 9.17) is 0 Å². The molecule has 0 saturated carbocycles. The Kier molecular flexibility index (Phi) is 3.31. The van der Waals surface area contributed by atoms with Gasteiger partial charge in [-0.05, 0) is 35.9 Å². The lowest BCUT2D eigenvalue weighted by Gasteiger charge is -2.06. The van der Waals surface area contributed by atoms with Crippen molar-refractivity contribution in [2.24, 2.45) is 0 Å². The number of hydrogen-bond acceptors (Lipinski definition) is 3. The highest BCUT2D eigenvalue weighted by Gasteiger charge is 2.15. The molecule has 0 aliphatic rings. The van der Waals surface area contributed by atoms with Gasteiger partial charge in [-0.1, -0.05) is 36.4 Å². The van der Waals surface area contributed by atoms with Gasteiger partial charge < -0.3 is 0 Å². The Labute approximate surface area is 138 Å². The van der Waals surface area contributed by atoms with E-state index in [1.54, 1.807) is 24.5 Å². The Morgan fingerprint density at radius 2 is 1.67 bits per heavy atom. The van der Waals surface area contributed by atoms with Crippen molar-refractivity contribution < 1.29 is 4.92 Å². The molecule has 0 saturated heterocycles. The summed E-state index contributed by atoms with van der Waals surface area (Å²) in [6, 6.07) is 22.4. The fourth-order valence-electron chi connectivity index (χ4n) is 2.85. The molecule has 5 nitrogen and oxygen atoms in total. The van der Waals surface area contributed by atoms with Gasteiger partial charge in [-0.3, -0.25) is 14.7 Å². The van der Waals surface area contributed by atoms with Crippen LogP contribution in [0, 0.1) is 10.1 Å². The maximum Gasteiger partial charge on any atom is 0.277 e. The molecule has 4 aromatic rings. The molecule has 0 unspecified atom stereocenters. The molecule has 116 valence electrons. The van der Waals surface area contributed by atoms with E-state index in [1.165, 1.54) is 6.07 Å². The number of fused-ring (bicyclic) bond motifs is 1. The van der Waals surface area contributed by atoms with E-state index in [-0.39, 0.29) is 10.6 Å².